The topological polar surface area (TPSA) is 17.1 Å². The molecule has 0 amide bonds. The van der Waals surface area contributed by atoms with Crippen LogP contribution in [0.2, 0.25) is 0 Å². The van der Waals surface area contributed by atoms with Crippen molar-refractivity contribution in [1.82, 2.24) is 0 Å². The Bertz CT molecular complexity index is 592. The first-order valence-corrected chi connectivity index (χ1v) is 8.51. The Kier molecular flexibility index (Phi) is 6.67. The predicted octanol–water partition coefficient (Wildman–Crippen LogP) is 5.82. The number of rotatable bonds is 8. The number of alkyl halides is 1. The van der Waals surface area contributed by atoms with Crippen molar-refractivity contribution in [1.29, 1.82) is 0 Å². The summed E-state index contributed by atoms with van der Waals surface area (Å²) in [4.78, 5) is 12.5. The Hall–Kier alpha value is -1.60. The van der Waals surface area contributed by atoms with E-state index in [0.717, 1.165) is 29.8 Å². The SMILES string of the molecule is CC(CCCCCCl)c1cccc(C(=O)c2ccccc2)c1. The molecule has 0 aliphatic heterocycles. The summed E-state index contributed by atoms with van der Waals surface area (Å²) in [7, 11) is 0. The lowest BCUT2D eigenvalue weighted by Crippen LogP contribution is -2.03. The van der Waals surface area contributed by atoms with Crippen LogP contribution in [0.1, 0.15) is 60.0 Å². The zero-order valence-electron chi connectivity index (χ0n) is 13.1. The highest BCUT2D eigenvalue weighted by molar-refractivity contribution is 6.17. The van der Waals surface area contributed by atoms with Crippen molar-refractivity contribution >= 4 is 17.4 Å². The second kappa shape index (κ2) is 8.75. The Morgan fingerprint density at radius 3 is 2.41 bits per heavy atom. The van der Waals surface area contributed by atoms with Gasteiger partial charge in [-0.1, -0.05) is 68.3 Å². The Labute approximate surface area is 138 Å². The smallest absolute Gasteiger partial charge is 0.193 e. The third-order valence-corrected chi connectivity index (χ3v) is 4.29. The molecule has 0 saturated carbocycles. The van der Waals surface area contributed by atoms with Gasteiger partial charge in [0.2, 0.25) is 0 Å². The first kappa shape index (κ1) is 16.8. The summed E-state index contributed by atoms with van der Waals surface area (Å²) in [5, 5.41) is 0. The first-order chi connectivity index (χ1) is 10.7. The van der Waals surface area contributed by atoms with Crippen molar-refractivity contribution in [2.45, 2.75) is 38.5 Å². The van der Waals surface area contributed by atoms with Gasteiger partial charge in [-0.05, 0) is 30.4 Å². The number of ketones is 1. The van der Waals surface area contributed by atoms with Crippen LogP contribution in [-0.4, -0.2) is 11.7 Å². The van der Waals surface area contributed by atoms with E-state index in [2.05, 4.69) is 13.0 Å². The molecule has 0 radical (unpaired) electrons. The summed E-state index contributed by atoms with van der Waals surface area (Å²) < 4.78 is 0. The van der Waals surface area contributed by atoms with Gasteiger partial charge in [0.05, 0.1) is 0 Å². The van der Waals surface area contributed by atoms with Crippen LogP contribution in [0.4, 0.5) is 0 Å². The zero-order chi connectivity index (χ0) is 15.8. The van der Waals surface area contributed by atoms with Gasteiger partial charge in [0.25, 0.3) is 0 Å². The van der Waals surface area contributed by atoms with Gasteiger partial charge in [0.1, 0.15) is 0 Å². The average Bonchev–Trinajstić information content (AvgIpc) is 2.59. The summed E-state index contributed by atoms with van der Waals surface area (Å²) in [6.07, 6.45) is 4.59. The van der Waals surface area contributed by atoms with E-state index in [1.807, 2.05) is 48.5 Å². The maximum absolute atomic E-state index is 12.5. The van der Waals surface area contributed by atoms with Crippen molar-refractivity contribution in [3.63, 3.8) is 0 Å². The molecule has 116 valence electrons. The van der Waals surface area contributed by atoms with Gasteiger partial charge in [0.15, 0.2) is 5.78 Å². The number of hydrogen-bond acceptors (Lipinski definition) is 1. The van der Waals surface area contributed by atoms with Crippen molar-refractivity contribution < 1.29 is 4.79 Å². The molecule has 2 aromatic carbocycles. The van der Waals surface area contributed by atoms with E-state index in [9.17, 15) is 4.79 Å². The molecule has 0 aliphatic carbocycles. The number of carbonyl (C=O) groups excluding carboxylic acids is 1. The molecule has 0 aromatic heterocycles. The lowest BCUT2D eigenvalue weighted by atomic mass is 9.92. The van der Waals surface area contributed by atoms with Crippen LogP contribution in [0.5, 0.6) is 0 Å². The summed E-state index contributed by atoms with van der Waals surface area (Å²) in [6.45, 7) is 2.23. The van der Waals surface area contributed by atoms with Crippen molar-refractivity contribution in [2.24, 2.45) is 0 Å². The third kappa shape index (κ3) is 4.71. The van der Waals surface area contributed by atoms with Gasteiger partial charge in [-0.3, -0.25) is 4.79 Å². The highest BCUT2D eigenvalue weighted by atomic mass is 35.5. The molecule has 22 heavy (non-hydrogen) atoms. The van der Waals surface area contributed by atoms with Gasteiger partial charge in [-0.2, -0.15) is 0 Å². The average molecular weight is 315 g/mol. The van der Waals surface area contributed by atoms with Gasteiger partial charge >= 0.3 is 0 Å². The third-order valence-electron chi connectivity index (χ3n) is 4.02. The molecule has 2 rings (SSSR count). The minimum absolute atomic E-state index is 0.0943. The molecule has 1 nitrogen and oxygen atoms in total. The molecule has 0 bridgehead atoms. The van der Waals surface area contributed by atoms with Crippen molar-refractivity contribution in [3.8, 4) is 0 Å². The van der Waals surface area contributed by atoms with Crippen LogP contribution in [-0.2, 0) is 0 Å². The van der Waals surface area contributed by atoms with Gasteiger partial charge in [-0.15, -0.1) is 11.6 Å². The molecule has 0 fully saturated rings. The lowest BCUT2D eigenvalue weighted by Gasteiger charge is -2.13. The van der Waals surface area contributed by atoms with E-state index in [-0.39, 0.29) is 5.78 Å². The largest absolute Gasteiger partial charge is 0.289 e. The van der Waals surface area contributed by atoms with Gasteiger partial charge in [-0.25, -0.2) is 0 Å². The molecule has 2 aromatic rings. The predicted molar refractivity (Wildman–Crippen MR) is 93.9 cm³/mol. The summed E-state index contributed by atoms with van der Waals surface area (Å²) >= 11 is 5.71. The summed E-state index contributed by atoms with van der Waals surface area (Å²) in [5.74, 6) is 1.31. The minimum atomic E-state index is 0.0943. The molecule has 0 N–H and O–H groups in total. The van der Waals surface area contributed by atoms with Crippen molar-refractivity contribution in [3.05, 3.63) is 71.3 Å². The number of carbonyl (C=O) groups is 1. The molecule has 0 saturated heterocycles. The monoisotopic (exact) mass is 314 g/mol. The van der Waals surface area contributed by atoms with E-state index >= 15 is 0 Å². The maximum Gasteiger partial charge on any atom is 0.193 e. The van der Waals surface area contributed by atoms with Crippen LogP contribution in [0.25, 0.3) is 0 Å². The van der Waals surface area contributed by atoms with Crippen molar-refractivity contribution in [2.75, 3.05) is 5.88 Å². The maximum atomic E-state index is 12.5. The Morgan fingerprint density at radius 1 is 0.955 bits per heavy atom. The lowest BCUT2D eigenvalue weighted by molar-refractivity contribution is 0.103. The molecule has 1 unspecified atom stereocenters. The molecule has 2 heteroatoms. The van der Waals surface area contributed by atoms with E-state index < -0.39 is 0 Å². The fourth-order valence-corrected chi connectivity index (χ4v) is 2.82. The molecular weight excluding hydrogens is 292 g/mol. The van der Waals surface area contributed by atoms with Crippen LogP contribution in [0.3, 0.4) is 0 Å². The van der Waals surface area contributed by atoms with Crippen LogP contribution in [0, 0.1) is 0 Å². The number of halogens is 1. The second-order valence-electron chi connectivity index (χ2n) is 5.76. The second-order valence-corrected chi connectivity index (χ2v) is 6.14. The Morgan fingerprint density at radius 2 is 1.68 bits per heavy atom. The van der Waals surface area contributed by atoms with E-state index in [1.165, 1.54) is 18.4 Å². The van der Waals surface area contributed by atoms with Gasteiger partial charge in [0, 0.05) is 17.0 Å². The normalized spacial score (nSPS) is 12.1. The van der Waals surface area contributed by atoms with E-state index in [0.29, 0.717) is 5.92 Å². The summed E-state index contributed by atoms with van der Waals surface area (Å²) in [5.41, 5.74) is 2.76. The molecule has 0 aliphatic rings. The molecular formula is C20H23ClO. The first-order valence-electron chi connectivity index (χ1n) is 7.98. The quantitative estimate of drug-likeness (QED) is 0.341. The Balaban J connectivity index is 2.05. The number of hydrogen-bond donors (Lipinski definition) is 0. The fourth-order valence-electron chi connectivity index (χ4n) is 2.63. The van der Waals surface area contributed by atoms with Gasteiger partial charge < -0.3 is 0 Å². The van der Waals surface area contributed by atoms with Crippen LogP contribution < -0.4 is 0 Å². The highest BCUT2D eigenvalue weighted by Gasteiger charge is 2.11. The fraction of sp³-hybridized carbons (Fsp3) is 0.350. The molecule has 0 heterocycles. The van der Waals surface area contributed by atoms with E-state index in [1.54, 1.807) is 0 Å². The molecule has 0 spiro atoms. The number of unbranched alkanes of at least 4 members (excludes halogenated alkanes) is 2. The standard InChI is InChI=1S/C20H23ClO/c1-16(9-4-3-7-14-21)18-12-8-13-19(15-18)20(22)17-10-5-2-6-11-17/h2,5-6,8,10-13,15-16H,3-4,7,9,14H2,1H3. The number of benzene rings is 2. The van der Waals surface area contributed by atoms with Crippen LogP contribution in [0.15, 0.2) is 54.6 Å². The summed E-state index contributed by atoms with van der Waals surface area (Å²) in [6, 6.07) is 17.5. The molecule has 1 atom stereocenters. The van der Waals surface area contributed by atoms with E-state index in [4.69, 9.17) is 11.6 Å². The van der Waals surface area contributed by atoms with Crippen LogP contribution >= 0.6 is 11.6 Å². The zero-order valence-corrected chi connectivity index (χ0v) is 13.9. The minimum Gasteiger partial charge on any atom is -0.289 e. The highest BCUT2D eigenvalue weighted by Crippen LogP contribution is 2.23.